The smallest absolute Gasteiger partial charge is 0.229 e. The number of rotatable bonds is 6. The van der Waals surface area contributed by atoms with Crippen LogP contribution in [0.4, 0.5) is 5.69 Å². The molecule has 2 aromatic heterocycles. The van der Waals surface area contributed by atoms with Gasteiger partial charge in [-0.25, -0.2) is 13.1 Å². The Labute approximate surface area is 162 Å². The lowest BCUT2D eigenvalue weighted by Gasteiger charge is -2.05. The molecule has 0 fully saturated rings. The van der Waals surface area contributed by atoms with E-state index in [1.54, 1.807) is 18.3 Å². The first-order chi connectivity index (χ1) is 12.9. The Hall–Kier alpha value is -2.67. The Morgan fingerprint density at radius 2 is 1.81 bits per heavy atom. The summed E-state index contributed by atoms with van der Waals surface area (Å²) in [4.78, 5) is 4.36. The molecule has 7 heteroatoms. The van der Waals surface area contributed by atoms with E-state index in [1.165, 1.54) is 0 Å². The summed E-state index contributed by atoms with van der Waals surface area (Å²) in [5, 5.41) is 4.61. The SMILES string of the molecule is CC.CCCc1cc(-n2ccc(-c3ccc(NS(C)(=O)=O)cc3)n2)ccn1.[HH]. The first kappa shape index (κ1) is 20.6. The number of hydrogen-bond donors (Lipinski definition) is 1. The number of pyridine rings is 1. The van der Waals surface area contributed by atoms with Crippen LogP contribution in [0, 0.1) is 0 Å². The summed E-state index contributed by atoms with van der Waals surface area (Å²) < 4.78 is 26.8. The van der Waals surface area contributed by atoms with Crippen molar-refractivity contribution in [1.82, 2.24) is 14.8 Å². The summed E-state index contributed by atoms with van der Waals surface area (Å²) in [6.07, 6.45) is 6.83. The molecule has 0 spiro atoms. The van der Waals surface area contributed by atoms with E-state index in [-0.39, 0.29) is 1.43 Å². The monoisotopic (exact) mass is 388 g/mol. The van der Waals surface area contributed by atoms with Crippen molar-refractivity contribution in [3.8, 4) is 16.9 Å². The van der Waals surface area contributed by atoms with Crippen LogP contribution in [-0.2, 0) is 16.4 Å². The lowest BCUT2D eigenvalue weighted by Crippen LogP contribution is -2.09. The van der Waals surface area contributed by atoms with Crippen molar-refractivity contribution in [3.63, 3.8) is 0 Å². The predicted octanol–water partition coefficient (Wildman–Crippen LogP) is 4.53. The highest BCUT2D eigenvalue weighted by Crippen LogP contribution is 2.21. The Kier molecular flexibility index (Phi) is 7.12. The molecule has 6 nitrogen and oxygen atoms in total. The predicted molar refractivity (Wildman–Crippen MR) is 113 cm³/mol. The normalized spacial score (nSPS) is 10.8. The third-order valence-electron chi connectivity index (χ3n) is 3.64. The molecule has 0 radical (unpaired) electrons. The van der Waals surface area contributed by atoms with Crippen molar-refractivity contribution < 1.29 is 9.84 Å². The highest BCUT2D eigenvalue weighted by molar-refractivity contribution is 7.92. The Bertz CT molecular complexity index is 970. The average Bonchev–Trinajstić information content (AvgIpc) is 3.13. The van der Waals surface area contributed by atoms with Crippen molar-refractivity contribution in [2.45, 2.75) is 33.6 Å². The largest absolute Gasteiger partial charge is 0.284 e. The molecular formula is C20H28N4O2S. The Balaban J connectivity index is 0.00000127. The molecule has 0 atom stereocenters. The molecule has 146 valence electrons. The molecule has 0 amide bonds. The van der Waals surface area contributed by atoms with Crippen molar-refractivity contribution >= 4 is 15.7 Å². The second kappa shape index (κ2) is 9.32. The minimum Gasteiger partial charge on any atom is -0.284 e. The van der Waals surface area contributed by atoms with Crippen LogP contribution in [0.15, 0.2) is 54.9 Å². The first-order valence-corrected chi connectivity index (χ1v) is 10.9. The van der Waals surface area contributed by atoms with Gasteiger partial charge in [0.05, 0.1) is 17.6 Å². The van der Waals surface area contributed by atoms with Crippen molar-refractivity contribution in [1.29, 1.82) is 0 Å². The van der Waals surface area contributed by atoms with Gasteiger partial charge in [-0.05, 0) is 36.8 Å². The van der Waals surface area contributed by atoms with Gasteiger partial charge >= 0.3 is 0 Å². The number of sulfonamides is 1. The summed E-state index contributed by atoms with van der Waals surface area (Å²) in [5.41, 5.74) is 4.29. The van der Waals surface area contributed by atoms with Gasteiger partial charge < -0.3 is 0 Å². The standard InChI is InChI=1S/C18H20N4O2S.C2H6.H2/c1-3-4-16-13-17(9-11-19-16)22-12-10-18(20-22)14-5-7-15(8-6-14)21-25(2,23)24;1-2;/h5-13,21H,3-4H2,1-2H3;1-2H3;1H. The van der Waals surface area contributed by atoms with Crippen LogP contribution < -0.4 is 4.72 Å². The van der Waals surface area contributed by atoms with Gasteiger partial charge in [0.25, 0.3) is 0 Å². The fourth-order valence-electron chi connectivity index (χ4n) is 2.55. The molecule has 0 unspecified atom stereocenters. The zero-order valence-corrected chi connectivity index (χ0v) is 17.0. The molecule has 0 aliphatic heterocycles. The number of hydrogen-bond acceptors (Lipinski definition) is 4. The maximum Gasteiger partial charge on any atom is 0.229 e. The summed E-state index contributed by atoms with van der Waals surface area (Å²) in [6, 6.07) is 13.0. The van der Waals surface area contributed by atoms with E-state index in [0.29, 0.717) is 5.69 Å². The van der Waals surface area contributed by atoms with Crippen molar-refractivity contribution in [2.75, 3.05) is 11.0 Å². The maximum atomic E-state index is 11.3. The second-order valence-corrected chi connectivity index (χ2v) is 7.60. The average molecular weight is 389 g/mol. The second-order valence-electron chi connectivity index (χ2n) is 5.85. The summed E-state index contributed by atoms with van der Waals surface area (Å²) >= 11 is 0. The van der Waals surface area contributed by atoms with Gasteiger partial charge in [0.15, 0.2) is 0 Å². The highest BCUT2D eigenvalue weighted by Gasteiger charge is 2.06. The van der Waals surface area contributed by atoms with E-state index in [2.05, 4.69) is 21.7 Å². The van der Waals surface area contributed by atoms with Gasteiger partial charge in [0, 0.05) is 30.8 Å². The lowest BCUT2D eigenvalue weighted by atomic mass is 10.1. The number of nitrogens with zero attached hydrogens (tertiary/aromatic N) is 3. The Morgan fingerprint density at radius 1 is 1.11 bits per heavy atom. The number of nitrogens with one attached hydrogen (secondary N) is 1. The molecule has 0 saturated heterocycles. The van der Waals surface area contributed by atoms with Gasteiger partial charge in [-0.3, -0.25) is 9.71 Å². The summed E-state index contributed by atoms with van der Waals surface area (Å²) in [6.45, 7) is 6.13. The molecular weight excluding hydrogens is 360 g/mol. The van der Waals surface area contributed by atoms with Crippen LogP contribution >= 0.6 is 0 Å². The molecule has 2 heterocycles. The molecule has 0 aliphatic carbocycles. The van der Waals surface area contributed by atoms with Gasteiger partial charge in [-0.1, -0.05) is 39.3 Å². The van der Waals surface area contributed by atoms with Crippen LogP contribution in [0.3, 0.4) is 0 Å². The van der Waals surface area contributed by atoms with Crippen LogP contribution in [0.2, 0.25) is 0 Å². The fourth-order valence-corrected chi connectivity index (χ4v) is 3.11. The number of anilines is 1. The van der Waals surface area contributed by atoms with E-state index >= 15 is 0 Å². The molecule has 27 heavy (non-hydrogen) atoms. The van der Waals surface area contributed by atoms with E-state index in [9.17, 15) is 8.42 Å². The molecule has 0 bridgehead atoms. The van der Waals surface area contributed by atoms with E-state index in [4.69, 9.17) is 0 Å². The minimum atomic E-state index is -3.27. The molecule has 3 aromatic rings. The maximum absolute atomic E-state index is 11.3. The quantitative estimate of drug-likeness (QED) is 0.673. The summed E-state index contributed by atoms with van der Waals surface area (Å²) in [5.74, 6) is 0. The zero-order valence-electron chi connectivity index (χ0n) is 16.2. The molecule has 1 N–H and O–H groups in total. The van der Waals surface area contributed by atoms with Crippen LogP contribution in [0.25, 0.3) is 16.9 Å². The van der Waals surface area contributed by atoms with E-state index in [1.807, 2.05) is 55.1 Å². The van der Waals surface area contributed by atoms with Gasteiger partial charge in [0.2, 0.25) is 10.0 Å². The lowest BCUT2D eigenvalue weighted by molar-refractivity contribution is 0.607. The molecule has 3 rings (SSSR count). The van der Waals surface area contributed by atoms with Crippen molar-refractivity contribution in [2.24, 2.45) is 0 Å². The zero-order chi connectivity index (χ0) is 19.9. The van der Waals surface area contributed by atoms with Crippen molar-refractivity contribution in [3.05, 3.63) is 60.6 Å². The van der Waals surface area contributed by atoms with Gasteiger partial charge in [-0.15, -0.1) is 0 Å². The molecule has 0 saturated carbocycles. The van der Waals surface area contributed by atoms with Gasteiger partial charge in [0.1, 0.15) is 0 Å². The number of aromatic nitrogens is 3. The number of benzene rings is 1. The third kappa shape index (κ3) is 5.92. The van der Waals surface area contributed by atoms with Gasteiger partial charge in [-0.2, -0.15) is 5.10 Å². The van der Waals surface area contributed by atoms with E-state index in [0.717, 1.165) is 41.7 Å². The molecule has 1 aromatic carbocycles. The van der Waals surface area contributed by atoms with Crippen LogP contribution in [-0.4, -0.2) is 29.4 Å². The third-order valence-corrected chi connectivity index (χ3v) is 4.25. The van der Waals surface area contributed by atoms with Crippen LogP contribution in [0.5, 0.6) is 0 Å². The molecule has 0 aliphatic rings. The minimum absolute atomic E-state index is 0. The highest BCUT2D eigenvalue weighted by atomic mass is 32.2. The van der Waals surface area contributed by atoms with E-state index < -0.39 is 10.0 Å². The fraction of sp³-hybridized carbons (Fsp3) is 0.300. The first-order valence-electron chi connectivity index (χ1n) is 9.04. The topological polar surface area (TPSA) is 76.9 Å². The Morgan fingerprint density at radius 3 is 2.44 bits per heavy atom. The number of aryl methyl sites for hydroxylation is 1. The van der Waals surface area contributed by atoms with Crippen LogP contribution in [0.1, 0.15) is 34.3 Å². The summed E-state index contributed by atoms with van der Waals surface area (Å²) in [7, 11) is -3.27.